The molecule has 0 aromatic heterocycles. The van der Waals surface area contributed by atoms with Gasteiger partial charge in [-0.15, -0.1) is 0 Å². The minimum Gasteiger partial charge on any atom is -0.463 e. The molecule has 0 saturated carbocycles. The monoisotopic (exact) mass is 342 g/mol. The molecular formula is C16H17F3N2O3. The summed E-state index contributed by atoms with van der Waals surface area (Å²) in [5, 5.41) is 2.61. The zero-order valence-corrected chi connectivity index (χ0v) is 13.4. The van der Waals surface area contributed by atoms with Crippen LogP contribution in [0.25, 0.3) is 0 Å². The predicted octanol–water partition coefficient (Wildman–Crippen LogP) is 3.24. The molecule has 0 aliphatic carbocycles. The summed E-state index contributed by atoms with van der Waals surface area (Å²) < 4.78 is 43.1. The first kappa shape index (κ1) is 17.8. The molecule has 0 saturated heterocycles. The van der Waals surface area contributed by atoms with Crippen LogP contribution in [0.15, 0.2) is 35.5 Å². The lowest BCUT2D eigenvalue weighted by atomic mass is 9.94. The fraction of sp³-hybridized carbons (Fsp3) is 0.375. The van der Waals surface area contributed by atoms with Crippen LogP contribution in [0.3, 0.4) is 0 Å². The van der Waals surface area contributed by atoms with E-state index in [0.29, 0.717) is 11.3 Å². The molecule has 0 fully saturated rings. The van der Waals surface area contributed by atoms with E-state index in [4.69, 9.17) is 4.74 Å². The van der Waals surface area contributed by atoms with Gasteiger partial charge in [-0.05, 0) is 31.5 Å². The summed E-state index contributed by atoms with van der Waals surface area (Å²) in [6.07, 6.45) is -4.45. The first-order chi connectivity index (χ1) is 11.2. The maximum absolute atomic E-state index is 12.7. The third-order valence-electron chi connectivity index (χ3n) is 3.82. The van der Waals surface area contributed by atoms with Crippen molar-refractivity contribution in [2.75, 3.05) is 13.7 Å². The van der Waals surface area contributed by atoms with Crippen molar-refractivity contribution in [3.8, 4) is 0 Å². The smallest absolute Gasteiger partial charge is 0.416 e. The highest BCUT2D eigenvalue weighted by molar-refractivity contribution is 5.94. The predicted molar refractivity (Wildman–Crippen MR) is 79.8 cm³/mol. The molecule has 0 spiro atoms. The number of alkyl halides is 3. The Hall–Kier alpha value is -2.51. The second-order valence-corrected chi connectivity index (χ2v) is 5.28. The molecule has 0 unspecified atom stereocenters. The van der Waals surface area contributed by atoms with Gasteiger partial charge in [-0.1, -0.05) is 12.1 Å². The molecule has 2 rings (SSSR count). The van der Waals surface area contributed by atoms with Crippen molar-refractivity contribution in [1.82, 2.24) is 10.2 Å². The van der Waals surface area contributed by atoms with Crippen LogP contribution in [-0.4, -0.2) is 30.6 Å². The number of esters is 1. The largest absolute Gasteiger partial charge is 0.463 e. The number of benzene rings is 1. The SMILES string of the molecule is CCOC(=O)C1=C(C)N(C)C(=O)N[C@@H]1c1ccc(C(F)(F)F)cc1. The van der Waals surface area contributed by atoms with E-state index in [2.05, 4.69) is 5.32 Å². The molecule has 1 atom stereocenters. The molecule has 1 heterocycles. The van der Waals surface area contributed by atoms with E-state index in [1.54, 1.807) is 13.8 Å². The Bertz CT molecular complexity index is 681. The van der Waals surface area contributed by atoms with Crippen LogP contribution in [0.4, 0.5) is 18.0 Å². The van der Waals surface area contributed by atoms with Gasteiger partial charge in [0.15, 0.2) is 0 Å². The minimum atomic E-state index is -4.45. The lowest BCUT2D eigenvalue weighted by molar-refractivity contribution is -0.139. The summed E-state index contributed by atoms with van der Waals surface area (Å²) in [5.74, 6) is -0.619. The Labute approximate surface area is 137 Å². The second kappa shape index (κ2) is 6.54. The molecule has 0 radical (unpaired) electrons. The van der Waals surface area contributed by atoms with E-state index in [-0.39, 0.29) is 12.2 Å². The summed E-state index contributed by atoms with van der Waals surface area (Å²) in [6.45, 7) is 3.38. The van der Waals surface area contributed by atoms with E-state index in [1.807, 2.05) is 0 Å². The molecule has 8 heteroatoms. The van der Waals surface area contributed by atoms with Gasteiger partial charge >= 0.3 is 18.2 Å². The lowest BCUT2D eigenvalue weighted by Crippen LogP contribution is -2.46. The zero-order chi connectivity index (χ0) is 18.1. The number of urea groups is 1. The molecule has 1 N–H and O–H groups in total. The number of allylic oxidation sites excluding steroid dienone is 1. The summed E-state index contributed by atoms with van der Waals surface area (Å²) in [4.78, 5) is 25.5. The number of nitrogens with one attached hydrogen (secondary N) is 1. The first-order valence-electron chi connectivity index (χ1n) is 7.26. The van der Waals surface area contributed by atoms with Crippen molar-refractivity contribution in [3.63, 3.8) is 0 Å². The van der Waals surface area contributed by atoms with Gasteiger partial charge in [0.05, 0.1) is 23.8 Å². The van der Waals surface area contributed by atoms with Crippen LogP contribution in [0, 0.1) is 0 Å². The van der Waals surface area contributed by atoms with Crippen molar-refractivity contribution >= 4 is 12.0 Å². The number of rotatable bonds is 3. The van der Waals surface area contributed by atoms with E-state index < -0.39 is 29.8 Å². The number of carbonyl (C=O) groups is 2. The Kier molecular flexibility index (Phi) is 4.86. The van der Waals surface area contributed by atoms with Gasteiger partial charge in [0.1, 0.15) is 0 Å². The third kappa shape index (κ3) is 3.37. The number of halogens is 3. The maximum atomic E-state index is 12.7. The van der Waals surface area contributed by atoms with E-state index in [0.717, 1.165) is 12.1 Å². The van der Waals surface area contributed by atoms with Crippen LogP contribution in [0.1, 0.15) is 31.0 Å². The highest BCUT2D eigenvalue weighted by Gasteiger charge is 2.36. The van der Waals surface area contributed by atoms with Gasteiger partial charge in [-0.3, -0.25) is 0 Å². The van der Waals surface area contributed by atoms with Gasteiger partial charge in [0.2, 0.25) is 0 Å². The van der Waals surface area contributed by atoms with Crippen molar-refractivity contribution < 1.29 is 27.5 Å². The summed E-state index contributed by atoms with van der Waals surface area (Å²) in [5.41, 5.74) is 0.150. The van der Waals surface area contributed by atoms with Crippen molar-refractivity contribution in [2.24, 2.45) is 0 Å². The zero-order valence-electron chi connectivity index (χ0n) is 13.4. The van der Waals surface area contributed by atoms with Crippen LogP contribution in [0.2, 0.25) is 0 Å². The fourth-order valence-corrected chi connectivity index (χ4v) is 2.42. The average molecular weight is 342 g/mol. The van der Waals surface area contributed by atoms with Gasteiger partial charge in [0, 0.05) is 12.7 Å². The Morgan fingerprint density at radius 2 is 1.88 bits per heavy atom. The van der Waals surface area contributed by atoms with Crippen LogP contribution >= 0.6 is 0 Å². The normalized spacial score (nSPS) is 18.5. The minimum absolute atomic E-state index is 0.146. The molecular weight excluding hydrogens is 325 g/mol. The highest BCUT2D eigenvalue weighted by atomic mass is 19.4. The average Bonchev–Trinajstić information content (AvgIpc) is 2.51. The van der Waals surface area contributed by atoms with Crippen LogP contribution in [0.5, 0.6) is 0 Å². The Morgan fingerprint density at radius 1 is 1.29 bits per heavy atom. The number of hydrogen-bond donors (Lipinski definition) is 1. The standard InChI is InChI=1S/C16H17F3N2O3/c1-4-24-14(22)12-9(2)21(3)15(23)20-13(12)10-5-7-11(8-6-10)16(17,18)19/h5-8,13H,4H2,1-3H3,(H,20,23)/t13-/m1/s1. The van der Waals surface area contributed by atoms with E-state index >= 15 is 0 Å². The molecule has 1 aromatic rings. The number of nitrogens with zero attached hydrogens (tertiary/aromatic N) is 1. The Morgan fingerprint density at radius 3 is 2.38 bits per heavy atom. The molecule has 24 heavy (non-hydrogen) atoms. The van der Waals surface area contributed by atoms with Crippen molar-refractivity contribution in [3.05, 3.63) is 46.7 Å². The quantitative estimate of drug-likeness (QED) is 0.858. The molecule has 5 nitrogen and oxygen atoms in total. The lowest BCUT2D eigenvalue weighted by Gasteiger charge is -2.33. The maximum Gasteiger partial charge on any atom is 0.416 e. The highest BCUT2D eigenvalue weighted by Crippen LogP contribution is 2.33. The van der Waals surface area contributed by atoms with E-state index in [9.17, 15) is 22.8 Å². The van der Waals surface area contributed by atoms with Gasteiger partial charge in [-0.25, -0.2) is 9.59 Å². The summed E-state index contributed by atoms with van der Waals surface area (Å²) in [7, 11) is 1.49. The first-order valence-corrected chi connectivity index (χ1v) is 7.26. The van der Waals surface area contributed by atoms with Crippen molar-refractivity contribution in [1.29, 1.82) is 0 Å². The molecule has 1 aliphatic rings. The second-order valence-electron chi connectivity index (χ2n) is 5.28. The third-order valence-corrected chi connectivity index (χ3v) is 3.82. The number of amides is 2. The van der Waals surface area contributed by atoms with Gasteiger partial charge in [0.25, 0.3) is 0 Å². The fourth-order valence-electron chi connectivity index (χ4n) is 2.42. The molecule has 2 amide bonds. The van der Waals surface area contributed by atoms with Gasteiger partial charge in [-0.2, -0.15) is 13.2 Å². The number of carbonyl (C=O) groups excluding carboxylic acids is 2. The van der Waals surface area contributed by atoms with Crippen LogP contribution in [-0.2, 0) is 15.7 Å². The Balaban J connectivity index is 2.46. The number of ether oxygens (including phenoxy) is 1. The summed E-state index contributed by atoms with van der Waals surface area (Å²) >= 11 is 0. The van der Waals surface area contributed by atoms with E-state index in [1.165, 1.54) is 24.1 Å². The molecule has 130 valence electrons. The summed E-state index contributed by atoms with van der Waals surface area (Å²) in [6, 6.07) is 2.99. The molecule has 1 aliphatic heterocycles. The topological polar surface area (TPSA) is 58.6 Å². The van der Waals surface area contributed by atoms with Gasteiger partial charge < -0.3 is 15.0 Å². The van der Waals surface area contributed by atoms with Crippen molar-refractivity contribution in [2.45, 2.75) is 26.1 Å². The van der Waals surface area contributed by atoms with Crippen LogP contribution < -0.4 is 5.32 Å². The molecule has 1 aromatic carbocycles. The number of hydrogen-bond acceptors (Lipinski definition) is 3. The molecule has 0 bridgehead atoms.